The van der Waals surface area contributed by atoms with Gasteiger partial charge in [0.15, 0.2) is 11.3 Å². The van der Waals surface area contributed by atoms with Gasteiger partial charge in [0, 0.05) is 23.6 Å². The third-order valence-corrected chi connectivity index (χ3v) is 7.21. The number of rotatable bonds is 6. The second-order valence-electron chi connectivity index (χ2n) is 10.6. The Morgan fingerprint density at radius 1 is 1.12 bits per heavy atom. The van der Waals surface area contributed by atoms with Gasteiger partial charge in [0.05, 0.1) is 5.69 Å². The lowest BCUT2D eigenvalue weighted by Gasteiger charge is -2.36. The molecule has 2 heterocycles. The number of aromatic amines is 1. The van der Waals surface area contributed by atoms with E-state index in [1.807, 2.05) is 26.0 Å². The molecule has 7 heteroatoms. The van der Waals surface area contributed by atoms with Gasteiger partial charge in [-0.3, -0.25) is 9.59 Å². The van der Waals surface area contributed by atoms with E-state index in [4.69, 9.17) is 10.1 Å². The molecule has 7 nitrogen and oxygen atoms in total. The highest BCUT2D eigenvalue weighted by Gasteiger charge is 2.32. The molecular formula is C27H37N5O2. The fraction of sp³-hybridized carbons (Fsp3) is 0.556. The van der Waals surface area contributed by atoms with Crippen molar-refractivity contribution in [1.29, 1.82) is 0 Å². The van der Waals surface area contributed by atoms with E-state index in [1.54, 1.807) is 16.6 Å². The third kappa shape index (κ3) is 4.79. The molecule has 0 atom stereocenters. The van der Waals surface area contributed by atoms with Crippen molar-refractivity contribution >= 4 is 11.4 Å². The second kappa shape index (κ2) is 9.72. The molecule has 3 aromatic rings. The molecule has 1 aliphatic carbocycles. The lowest BCUT2D eigenvalue weighted by molar-refractivity contribution is 0.0953. The number of nitrogens with zero attached hydrogens (tertiary/aromatic N) is 3. The lowest BCUT2D eigenvalue weighted by atomic mass is 9.70. The highest BCUT2D eigenvalue weighted by molar-refractivity contribution is 5.94. The van der Waals surface area contributed by atoms with Crippen LogP contribution in [0.4, 0.5) is 0 Å². The van der Waals surface area contributed by atoms with Crippen molar-refractivity contribution in [3.05, 3.63) is 51.7 Å². The Hall–Kier alpha value is -2.96. The molecule has 0 bridgehead atoms. The fourth-order valence-electron chi connectivity index (χ4n) is 5.07. The number of nitrogens with one attached hydrogen (secondary N) is 2. The predicted octanol–water partition coefficient (Wildman–Crippen LogP) is 5.11. The second-order valence-corrected chi connectivity index (χ2v) is 10.6. The SMILES string of the molecule is CCCNC(=O)c1ccc(-c2nn3c(C4CCC(C(C)(C)C)CC4)nc(CC)c3c(=O)[nH]2)cc1. The highest BCUT2D eigenvalue weighted by atomic mass is 16.1. The van der Waals surface area contributed by atoms with Gasteiger partial charge in [-0.15, -0.1) is 5.10 Å². The van der Waals surface area contributed by atoms with Crippen molar-refractivity contribution in [2.45, 2.75) is 79.1 Å². The zero-order valence-corrected chi connectivity index (χ0v) is 21.1. The number of amides is 1. The summed E-state index contributed by atoms with van der Waals surface area (Å²) in [7, 11) is 0. The maximum absolute atomic E-state index is 13.1. The van der Waals surface area contributed by atoms with Crippen molar-refractivity contribution in [2.75, 3.05) is 6.54 Å². The van der Waals surface area contributed by atoms with Crippen molar-refractivity contribution in [1.82, 2.24) is 24.9 Å². The number of carbonyl (C=O) groups is 1. The number of hydrogen-bond donors (Lipinski definition) is 2. The Bertz CT molecular complexity index is 1210. The molecule has 0 unspecified atom stereocenters. The number of imidazole rings is 1. The van der Waals surface area contributed by atoms with Crippen LogP contribution in [0.3, 0.4) is 0 Å². The minimum atomic E-state index is -0.172. The number of carbonyl (C=O) groups excluding carboxylic acids is 1. The summed E-state index contributed by atoms with van der Waals surface area (Å²) < 4.78 is 1.79. The van der Waals surface area contributed by atoms with E-state index >= 15 is 0 Å². The van der Waals surface area contributed by atoms with Crippen molar-refractivity contribution in [3.8, 4) is 11.4 Å². The van der Waals surface area contributed by atoms with E-state index in [0.29, 0.717) is 47.1 Å². The first kappa shape index (κ1) is 24.2. The van der Waals surface area contributed by atoms with E-state index < -0.39 is 0 Å². The molecule has 4 rings (SSSR count). The normalized spacial score (nSPS) is 18.9. The molecule has 182 valence electrons. The van der Waals surface area contributed by atoms with Crippen LogP contribution in [0.1, 0.15) is 94.5 Å². The minimum absolute atomic E-state index is 0.0966. The number of benzene rings is 1. The van der Waals surface area contributed by atoms with Crippen LogP contribution in [0.5, 0.6) is 0 Å². The van der Waals surface area contributed by atoms with Gasteiger partial charge in [0.1, 0.15) is 5.82 Å². The average Bonchev–Trinajstić information content (AvgIpc) is 3.21. The van der Waals surface area contributed by atoms with E-state index in [0.717, 1.165) is 36.3 Å². The Labute approximate surface area is 201 Å². The fourth-order valence-corrected chi connectivity index (χ4v) is 5.07. The maximum atomic E-state index is 13.1. The number of hydrogen-bond acceptors (Lipinski definition) is 4. The first-order valence-electron chi connectivity index (χ1n) is 12.6. The summed E-state index contributed by atoms with van der Waals surface area (Å²) in [6, 6.07) is 7.20. The lowest BCUT2D eigenvalue weighted by Crippen LogP contribution is -2.26. The van der Waals surface area contributed by atoms with Crippen LogP contribution < -0.4 is 10.9 Å². The van der Waals surface area contributed by atoms with Gasteiger partial charge in [0.25, 0.3) is 11.5 Å². The van der Waals surface area contributed by atoms with Gasteiger partial charge >= 0.3 is 0 Å². The van der Waals surface area contributed by atoms with Gasteiger partial charge in [-0.25, -0.2) is 9.50 Å². The summed E-state index contributed by atoms with van der Waals surface area (Å²) >= 11 is 0. The topological polar surface area (TPSA) is 92.2 Å². The number of H-pyrrole nitrogens is 1. The molecule has 0 radical (unpaired) electrons. The molecule has 1 aliphatic rings. The molecule has 2 N–H and O–H groups in total. The summed E-state index contributed by atoms with van der Waals surface area (Å²) in [6.45, 7) is 11.7. The van der Waals surface area contributed by atoms with Crippen LogP contribution >= 0.6 is 0 Å². The number of aromatic nitrogens is 4. The van der Waals surface area contributed by atoms with Crippen molar-refractivity contribution in [3.63, 3.8) is 0 Å². The quantitative estimate of drug-likeness (QED) is 0.531. The van der Waals surface area contributed by atoms with E-state index in [2.05, 4.69) is 31.1 Å². The van der Waals surface area contributed by atoms with Gasteiger partial charge in [-0.2, -0.15) is 0 Å². The largest absolute Gasteiger partial charge is 0.352 e. The Morgan fingerprint density at radius 2 is 1.79 bits per heavy atom. The molecule has 1 saturated carbocycles. The molecule has 1 fully saturated rings. The molecular weight excluding hydrogens is 426 g/mol. The van der Waals surface area contributed by atoms with E-state index in [1.165, 1.54) is 12.8 Å². The smallest absolute Gasteiger partial charge is 0.277 e. The molecule has 2 aromatic heterocycles. The first-order valence-corrected chi connectivity index (χ1v) is 12.6. The van der Waals surface area contributed by atoms with Gasteiger partial charge in [-0.05, 0) is 62.0 Å². The number of fused-ring (bicyclic) bond motifs is 1. The zero-order chi connectivity index (χ0) is 24.5. The third-order valence-electron chi connectivity index (χ3n) is 7.21. The van der Waals surface area contributed by atoms with Crippen LogP contribution in [-0.2, 0) is 6.42 Å². The van der Waals surface area contributed by atoms with E-state index in [9.17, 15) is 9.59 Å². The standard InChI is InChI=1S/C27H37N5O2/c1-6-16-28-25(33)19-10-8-17(9-11-19)23-30-26(34)22-21(7-2)29-24(32(22)31-23)18-12-14-20(15-13-18)27(3,4)5/h8-11,18,20H,6-7,12-16H2,1-5H3,(H,28,33)(H,30,31,34). The summed E-state index contributed by atoms with van der Waals surface area (Å²) in [6.07, 6.45) is 6.04. The summed E-state index contributed by atoms with van der Waals surface area (Å²) in [5.74, 6) is 2.31. The molecule has 0 spiro atoms. The van der Waals surface area contributed by atoms with Crippen LogP contribution in [0, 0.1) is 11.3 Å². The monoisotopic (exact) mass is 463 g/mol. The number of aryl methyl sites for hydroxylation is 1. The van der Waals surface area contributed by atoms with Crippen LogP contribution in [0.2, 0.25) is 0 Å². The minimum Gasteiger partial charge on any atom is -0.352 e. The van der Waals surface area contributed by atoms with Crippen molar-refractivity contribution in [2.24, 2.45) is 11.3 Å². The van der Waals surface area contributed by atoms with Crippen LogP contribution in [-0.4, -0.2) is 32.0 Å². The zero-order valence-electron chi connectivity index (χ0n) is 21.1. The average molecular weight is 464 g/mol. The van der Waals surface area contributed by atoms with Crippen molar-refractivity contribution < 1.29 is 4.79 Å². The predicted molar refractivity (Wildman–Crippen MR) is 135 cm³/mol. The summed E-state index contributed by atoms with van der Waals surface area (Å²) in [5, 5.41) is 7.72. The maximum Gasteiger partial charge on any atom is 0.277 e. The molecule has 1 aromatic carbocycles. The Kier molecular flexibility index (Phi) is 6.91. The highest BCUT2D eigenvalue weighted by Crippen LogP contribution is 2.43. The Morgan fingerprint density at radius 3 is 2.38 bits per heavy atom. The van der Waals surface area contributed by atoms with Gasteiger partial charge in [-0.1, -0.05) is 46.8 Å². The molecule has 0 saturated heterocycles. The summed E-state index contributed by atoms with van der Waals surface area (Å²) in [4.78, 5) is 33.2. The first-order chi connectivity index (χ1) is 16.2. The van der Waals surface area contributed by atoms with E-state index in [-0.39, 0.29) is 11.5 Å². The molecule has 1 amide bonds. The summed E-state index contributed by atoms with van der Waals surface area (Å²) in [5.41, 5.74) is 2.85. The molecule has 34 heavy (non-hydrogen) atoms. The molecule has 0 aliphatic heterocycles. The Balaban J connectivity index is 1.67. The van der Waals surface area contributed by atoms with Gasteiger partial charge in [0.2, 0.25) is 0 Å². The van der Waals surface area contributed by atoms with Crippen LogP contribution in [0.15, 0.2) is 29.1 Å². The van der Waals surface area contributed by atoms with Gasteiger partial charge < -0.3 is 10.3 Å². The van der Waals surface area contributed by atoms with Crippen LogP contribution in [0.25, 0.3) is 16.9 Å².